The molecular formula is C27H30N6O4S2. The van der Waals surface area contributed by atoms with E-state index in [2.05, 4.69) is 20.5 Å². The zero-order chi connectivity index (χ0) is 26.9. The van der Waals surface area contributed by atoms with Crippen LogP contribution in [0.5, 0.6) is 0 Å². The van der Waals surface area contributed by atoms with Gasteiger partial charge in [-0.15, -0.1) is 22.7 Å². The fourth-order valence-electron chi connectivity index (χ4n) is 5.13. The molecule has 4 aromatic rings. The summed E-state index contributed by atoms with van der Waals surface area (Å²) in [6.45, 7) is 2.78. The maximum Gasteiger partial charge on any atom is 0.269 e. The van der Waals surface area contributed by atoms with Crippen LogP contribution in [0.3, 0.4) is 0 Å². The number of nitrogens with one attached hydrogen (secondary N) is 2. The van der Waals surface area contributed by atoms with Crippen LogP contribution in [0.4, 0.5) is 21.4 Å². The monoisotopic (exact) mass is 566 g/mol. The normalized spacial score (nSPS) is 19.8. The number of hydrogen-bond donors (Lipinski definition) is 4. The van der Waals surface area contributed by atoms with Gasteiger partial charge in [0.1, 0.15) is 6.26 Å². The van der Waals surface area contributed by atoms with Crippen molar-refractivity contribution in [2.75, 3.05) is 41.8 Å². The SMILES string of the molecule is NC(=O)c1ncc(N[C@H]2CCCC[C@H]2N)cc1Nc1cc(-c2coc3c(=O)cc(N4CCOCC4)sc23)cs1. The van der Waals surface area contributed by atoms with Gasteiger partial charge in [0.25, 0.3) is 5.91 Å². The molecule has 10 nitrogen and oxygen atoms in total. The molecule has 0 aromatic carbocycles. The van der Waals surface area contributed by atoms with E-state index in [4.69, 9.17) is 20.6 Å². The number of primary amides is 1. The molecule has 1 aliphatic heterocycles. The van der Waals surface area contributed by atoms with E-state index < -0.39 is 5.91 Å². The van der Waals surface area contributed by atoms with Crippen molar-refractivity contribution in [3.8, 4) is 11.1 Å². The number of morpholine rings is 1. The lowest BCUT2D eigenvalue weighted by atomic mass is 9.91. The van der Waals surface area contributed by atoms with E-state index in [0.717, 1.165) is 70.3 Å². The first-order valence-corrected chi connectivity index (χ1v) is 14.7. The number of anilines is 4. The van der Waals surface area contributed by atoms with E-state index in [9.17, 15) is 9.59 Å². The average Bonchev–Trinajstić information content (AvgIpc) is 3.58. The van der Waals surface area contributed by atoms with E-state index in [1.165, 1.54) is 11.3 Å². The first kappa shape index (κ1) is 25.8. The number of hydrogen-bond acceptors (Lipinski definition) is 11. The molecule has 1 amide bonds. The Labute approximate surface area is 233 Å². The number of fused-ring (bicyclic) bond motifs is 1. The predicted octanol–water partition coefficient (Wildman–Crippen LogP) is 4.34. The van der Waals surface area contributed by atoms with Crippen molar-refractivity contribution < 1.29 is 13.9 Å². The number of rotatable bonds is 7. The molecule has 6 N–H and O–H groups in total. The van der Waals surface area contributed by atoms with Crippen molar-refractivity contribution in [3.63, 3.8) is 0 Å². The molecule has 204 valence electrons. The highest BCUT2D eigenvalue weighted by Gasteiger charge is 2.23. The molecule has 1 aliphatic carbocycles. The lowest BCUT2D eigenvalue weighted by molar-refractivity contribution is 0.0996. The van der Waals surface area contributed by atoms with Crippen molar-refractivity contribution in [1.29, 1.82) is 0 Å². The largest absolute Gasteiger partial charge is 0.459 e. The van der Waals surface area contributed by atoms with Gasteiger partial charge in [0.2, 0.25) is 5.43 Å². The molecule has 4 aromatic heterocycles. The molecule has 5 heterocycles. The third-order valence-electron chi connectivity index (χ3n) is 7.21. The van der Waals surface area contributed by atoms with Crippen LogP contribution in [-0.2, 0) is 4.74 Å². The third kappa shape index (κ3) is 5.37. The summed E-state index contributed by atoms with van der Waals surface area (Å²) < 4.78 is 12.0. The van der Waals surface area contributed by atoms with Gasteiger partial charge < -0.3 is 36.2 Å². The fraction of sp³-hybridized carbons (Fsp3) is 0.370. The molecule has 1 saturated heterocycles. The summed E-state index contributed by atoms with van der Waals surface area (Å²) in [6, 6.07) is 5.70. The molecule has 0 unspecified atom stereocenters. The minimum atomic E-state index is -0.614. The quantitative estimate of drug-likeness (QED) is 0.256. The number of carbonyl (C=O) groups is 1. The molecule has 1 saturated carbocycles. The molecule has 39 heavy (non-hydrogen) atoms. The number of amides is 1. The van der Waals surface area contributed by atoms with Gasteiger partial charge in [-0.1, -0.05) is 12.8 Å². The smallest absolute Gasteiger partial charge is 0.269 e. The van der Waals surface area contributed by atoms with Crippen LogP contribution < -0.4 is 32.4 Å². The summed E-state index contributed by atoms with van der Waals surface area (Å²) in [5.74, 6) is -0.614. The highest BCUT2D eigenvalue weighted by atomic mass is 32.1. The summed E-state index contributed by atoms with van der Waals surface area (Å²) in [7, 11) is 0. The van der Waals surface area contributed by atoms with Gasteiger partial charge in [-0.3, -0.25) is 9.59 Å². The minimum Gasteiger partial charge on any atom is -0.459 e. The highest BCUT2D eigenvalue weighted by molar-refractivity contribution is 7.22. The Morgan fingerprint density at radius 1 is 1.15 bits per heavy atom. The second-order valence-electron chi connectivity index (χ2n) is 9.86. The Balaban J connectivity index is 1.28. The zero-order valence-electron chi connectivity index (χ0n) is 21.3. The molecule has 0 radical (unpaired) electrons. The summed E-state index contributed by atoms with van der Waals surface area (Å²) in [5, 5.41) is 10.5. The zero-order valence-corrected chi connectivity index (χ0v) is 22.9. The van der Waals surface area contributed by atoms with Crippen molar-refractivity contribution in [2.45, 2.75) is 37.8 Å². The second-order valence-corrected chi connectivity index (χ2v) is 11.8. The Morgan fingerprint density at radius 2 is 1.97 bits per heavy atom. The number of furan rings is 1. The van der Waals surface area contributed by atoms with Crippen LogP contribution in [-0.4, -0.2) is 49.3 Å². The van der Waals surface area contributed by atoms with Crippen molar-refractivity contribution in [2.24, 2.45) is 11.5 Å². The van der Waals surface area contributed by atoms with Crippen LogP contribution in [0.15, 0.2) is 45.3 Å². The fourth-order valence-corrected chi connectivity index (χ4v) is 7.15. The number of pyridine rings is 1. The first-order valence-electron chi connectivity index (χ1n) is 13.0. The second kappa shape index (κ2) is 11.0. The third-order valence-corrected chi connectivity index (χ3v) is 9.25. The van der Waals surface area contributed by atoms with E-state index in [-0.39, 0.29) is 23.2 Å². The highest BCUT2D eigenvalue weighted by Crippen LogP contribution is 2.39. The Bertz CT molecular complexity index is 1560. The number of ether oxygens (including phenoxy) is 1. The van der Waals surface area contributed by atoms with E-state index >= 15 is 0 Å². The lowest BCUT2D eigenvalue weighted by Crippen LogP contribution is -2.42. The van der Waals surface area contributed by atoms with Crippen LogP contribution in [0, 0.1) is 0 Å². The number of nitrogens with two attached hydrogens (primary N) is 2. The van der Waals surface area contributed by atoms with Gasteiger partial charge in [-0.25, -0.2) is 4.98 Å². The van der Waals surface area contributed by atoms with Gasteiger partial charge in [-0.05, 0) is 30.5 Å². The van der Waals surface area contributed by atoms with Crippen LogP contribution >= 0.6 is 22.7 Å². The Hall–Kier alpha value is -3.45. The molecular weight excluding hydrogens is 536 g/mol. The standard InChI is InChI=1S/C27H30N6O4S2/c28-18-3-1-2-4-19(18)31-16-10-20(24(27(29)35)30-12-16)32-22-9-15(14-38-22)17-13-37-25-21(34)11-23(39-26(17)25)33-5-7-36-8-6-33/h9-14,18-19,31-32H,1-8,28H2,(H2,29,35)/t18-,19+/m1/s1. The minimum absolute atomic E-state index is 0.0788. The molecule has 2 aliphatic rings. The van der Waals surface area contributed by atoms with E-state index in [1.54, 1.807) is 29.9 Å². The summed E-state index contributed by atoms with van der Waals surface area (Å²) >= 11 is 3.02. The molecule has 12 heteroatoms. The molecule has 0 bridgehead atoms. The molecule has 0 spiro atoms. The first-order chi connectivity index (χ1) is 19.0. The maximum absolute atomic E-state index is 12.8. The number of thiophene rings is 1. The van der Waals surface area contributed by atoms with E-state index in [0.29, 0.717) is 24.5 Å². The summed E-state index contributed by atoms with van der Waals surface area (Å²) in [4.78, 5) is 31.4. The van der Waals surface area contributed by atoms with E-state index in [1.807, 2.05) is 17.5 Å². The van der Waals surface area contributed by atoms with Crippen LogP contribution in [0.25, 0.3) is 21.4 Å². The summed E-state index contributed by atoms with van der Waals surface area (Å²) in [6.07, 6.45) is 7.51. The van der Waals surface area contributed by atoms with Crippen LogP contribution in [0.1, 0.15) is 36.2 Å². The van der Waals surface area contributed by atoms with Gasteiger partial charge in [0.15, 0.2) is 11.3 Å². The summed E-state index contributed by atoms with van der Waals surface area (Å²) in [5.41, 5.74) is 15.4. The van der Waals surface area contributed by atoms with Crippen molar-refractivity contribution >= 4 is 60.2 Å². The maximum atomic E-state index is 12.8. The molecule has 6 rings (SSSR count). The molecule has 2 atom stereocenters. The number of nitrogens with zero attached hydrogens (tertiary/aromatic N) is 2. The van der Waals surface area contributed by atoms with Crippen molar-refractivity contribution in [1.82, 2.24) is 4.98 Å². The predicted molar refractivity (Wildman–Crippen MR) is 157 cm³/mol. The van der Waals surface area contributed by atoms with Gasteiger partial charge >= 0.3 is 0 Å². The molecule has 2 fully saturated rings. The number of aromatic nitrogens is 1. The van der Waals surface area contributed by atoms with Crippen molar-refractivity contribution in [3.05, 3.63) is 52.0 Å². The average molecular weight is 567 g/mol. The van der Waals surface area contributed by atoms with Gasteiger partial charge in [-0.2, -0.15) is 0 Å². The van der Waals surface area contributed by atoms with Crippen LogP contribution in [0.2, 0.25) is 0 Å². The topological polar surface area (TPSA) is 149 Å². The Morgan fingerprint density at radius 3 is 2.77 bits per heavy atom. The number of carbonyl (C=O) groups excluding carboxylic acids is 1. The Kier molecular flexibility index (Phi) is 7.26. The van der Waals surface area contributed by atoms with Gasteiger partial charge in [0.05, 0.1) is 45.5 Å². The van der Waals surface area contributed by atoms with Gasteiger partial charge in [0, 0.05) is 42.2 Å². The lowest BCUT2D eigenvalue weighted by Gasteiger charge is -2.30.